The minimum atomic E-state index is 0.148. The summed E-state index contributed by atoms with van der Waals surface area (Å²) in [6, 6.07) is 1.82. The van der Waals surface area contributed by atoms with Gasteiger partial charge in [0, 0.05) is 50.8 Å². The molecule has 2 aromatic heterocycles. The van der Waals surface area contributed by atoms with Crippen molar-refractivity contribution in [2.75, 3.05) is 36.0 Å². The van der Waals surface area contributed by atoms with Crippen molar-refractivity contribution >= 4 is 11.9 Å². The van der Waals surface area contributed by atoms with Crippen LogP contribution in [0, 0.1) is 35.5 Å². The number of anilines is 2. The molecule has 0 radical (unpaired) electrons. The van der Waals surface area contributed by atoms with Crippen molar-refractivity contribution in [3.8, 4) is 5.88 Å². The van der Waals surface area contributed by atoms with E-state index >= 15 is 0 Å². The van der Waals surface area contributed by atoms with Gasteiger partial charge in [0.2, 0.25) is 17.8 Å². The fourth-order valence-electron chi connectivity index (χ4n) is 7.15. The number of hydrogen-bond donors (Lipinski definition) is 0. The van der Waals surface area contributed by atoms with E-state index in [4.69, 9.17) is 14.7 Å². The normalized spacial score (nSPS) is 22.3. The highest BCUT2D eigenvalue weighted by Gasteiger charge is 2.26. The predicted molar refractivity (Wildman–Crippen MR) is 179 cm³/mol. The quantitative estimate of drug-likeness (QED) is 0.305. The number of hydrogen-bond acceptors (Lipinski definition) is 7. The van der Waals surface area contributed by atoms with Gasteiger partial charge in [0.25, 0.3) is 0 Å². The van der Waals surface area contributed by atoms with Gasteiger partial charge in [0.1, 0.15) is 0 Å². The first-order valence-corrected chi connectivity index (χ1v) is 17.4. The Kier molecular flexibility index (Phi) is 12.5. The molecule has 0 amide bonds. The largest absolute Gasteiger partial charge is 0.475 e. The average Bonchev–Trinajstić information content (AvgIpc) is 3.01. The van der Waals surface area contributed by atoms with Crippen LogP contribution in [0.5, 0.6) is 5.88 Å². The molecule has 3 aliphatic rings. The summed E-state index contributed by atoms with van der Waals surface area (Å²) in [4.78, 5) is 23.0. The van der Waals surface area contributed by atoms with E-state index in [9.17, 15) is 0 Å². The van der Waals surface area contributed by atoms with E-state index in [2.05, 4.69) is 73.7 Å². The van der Waals surface area contributed by atoms with Crippen LogP contribution in [0.2, 0.25) is 0 Å². The predicted octanol–water partition coefficient (Wildman–Crippen LogP) is 8.42. The average molecular weight is 593 g/mol. The van der Waals surface area contributed by atoms with Crippen molar-refractivity contribution in [1.29, 1.82) is 0 Å². The maximum atomic E-state index is 5.63. The Morgan fingerprint density at radius 3 is 1.53 bits per heavy atom. The third-order valence-corrected chi connectivity index (χ3v) is 10.3. The summed E-state index contributed by atoms with van der Waals surface area (Å²) in [6.45, 7) is 22.4. The topological polar surface area (TPSA) is 67.3 Å². The summed E-state index contributed by atoms with van der Waals surface area (Å²) < 4.78 is 5.63. The summed E-state index contributed by atoms with van der Waals surface area (Å²) in [5.41, 5.74) is 1.36. The van der Waals surface area contributed by atoms with E-state index in [0.29, 0.717) is 11.8 Å². The molecular formula is C36H60N6O. The SMILES string of the molecule is CC(C)C1CCC(c2cnc(N3CCC(C(C)C)CC3)nc2)CC1.CC(C)Oc1ccnc(N2CCC(C(C)C)CC2)n1. The summed E-state index contributed by atoms with van der Waals surface area (Å²) in [6.07, 6.45) is 16.5. The van der Waals surface area contributed by atoms with Crippen LogP contribution >= 0.6 is 0 Å². The van der Waals surface area contributed by atoms with E-state index in [0.717, 1.165) is 73.6 Å². The number of rotatable bonds is 8. The first kappa shape index (κ1) is 33.5. The second-order valence-corrected chi connectivity index (χ2v) is 14.7. The molecule has 2 aromatic rings. The Morgan fingerprint density at radius 1 is 0.605 bits per heavy atom. The Balaban J connectivity index is 0.000000203. The Labute approximate surface area is 262 Å². The highest BCUT2D eigenvalue weighted by Crippen LogP contribution is 2.38. The van der Waals surface area contributed by atoms with Gasteiger partial charge in [0.15, 0.2) is 0 Å². The van der Waals surface area contributed by atoms with Gasteiger partial charge in [-0.15, -0.1) is 0 Å². The van der Waals surface area contributed by atoms with Gasteiger partial charge in [-0.2, -0.15) is 4.98 Å². The summed E-state index contributed by atoms with van der Waals surface area (Å²) in [5.74, 6) is 8.14. The second kappa shape index (κ2) is 16.0. The number of nitrogens with zero attached hydrogens (tertiary/aromatic N) is 6. The monoisotopic (exact) mass is 592 g/mol. The van der Waals surface area contributed by atoms with Gasteiger partial charge in [-0.3, -0.25) is 0 Å². The molecule has 7 heteroatoms. The van der Waals surface area contributed by atoms with Gasteiger partial charge in [0.05, 0.1) is 6.10 Å². The lowest BCUT2D eigenvalue weighted by atomic mass is 9.75. The van der Waals surface area contributed by atoms with Crippen molar-refractivity contribution < 1.29 is 4.74 Å². The molecule has 1 saturated carbocycles. The minimum Gasteiger partial charge on any atom is -0.475 e. The Morgan fingerprint density at radius 2 is 1.07 bits per heavy atom. The molecule has 7 nitrogen and oxygen atoms in total. The molecule has 0 aromatic carbocycles. The highest BCUT2D eigenvalue weighted by molar-refractivity contribution is 5.33. The molecule has 1 aliphatic carbocycles. The maximum absolute atomic E-state index is 5.63. The fraction of sp³-hybridized carbons (Fsp3) is 0.778. The zero-order valence-corrected chi connectivity index (χ0v) is 28.5. The zero-order chi connectivity index (χ0) is 30.9. The molecule has 240 valence electrons. The van der Waals surface area contributed by atoms with Gasteiger partial charge < -0.3 is 14.5 Å². The molecule has 0 N–H and O–H groups in total. The molecule has 0 unspecified atom stereocenters. The lowest BCUT2D eigenvalue weighted by Crippen LogP contribution is -2.36. The second-order valence-electron chi connectivity index (χ2n) is 14.7. The number of ether oxygens (including phenoxy) is 1. The molecule has 0 atom stereocenters. The van der Waals surface area contributed by atoms with Crippen molar-refractivity contribution in [2.45, 2.75) is 119 Å². The van der Waals surface area contributed by atoms with Crippen LogP contribution in [0.1, 0.15) is 118 Å². The third kappa shape index (κ3) is 9.78. The number of piperidine rings is 2. The van der Waals surface area contributed by atoms with Crippen molar-refractivity contribution in [2.24, 2.45) is 35.5 Å². The van der Waals surface area contributed by atoms with E-state index < -0.39 is 0 Å². The zero-order valence-electron chi connectivity index (χ0n) is 28.5. The molecule has 43 heavy (non-hydrogen) atoms. The van der Waals surface area contributed by atoms with Gasteiger partial charge >= 0.3 is 0 Å². The van der Waals surface area contributed by atoms with Crippen molar-refractivity contribution in [1.82, 2.24) is 19.9 Å². The van der Waals surface area contributed by atoms with Gasteiger partial charge in [-0.1, -0.05) is 41.5 Å². The molecule has 2 aliphatic heterocycles. The lowest BCUT2D eigenvalue weighted by molar-refractivity contribution is 0.232. The van der Waals surface area contributed by atoms with Crippen LogP contribution < -0.4 is 14.5 Å². The van der Waals surface area contributed by atoms with E-state index in [-0.39, 0.29) is 6.10 Å². The van der Waals surface area contributed by atoms with Crippen LogP contribution in [-0.2, 0) is 0 Å². The van der Waals surface area contributed by atoms with Crippen LogP contribution in [0.15, 0.2) is 24.7 Å². The van der Waals surface area contributed by atoms with Crippen LogP contribution in [0.25, 0.3) is 0 Å². The molecule has 0 spiro atoms. The molecule has 5 rings (SSSR count). The third-order valence-electron chi connectivity index (χ3n) is 10.3. The molecule has 3 fully saturated rings. The maximum Gasteiger partial charge on any atom is 0.228 e. The standard InChI is InChI=1S/C21H35N3.C15H25N3O/c1-15(2)17-5-7-19(8-6-17)20-13-22-21(23-14-20)24-11-9-18(10-12-24)16(3)4;1-11(2)13-6-9-18(10-7-13)15-16-8-5-14(17-15)19-12(3)4/h13-19H,5-12H2,1-4H3;5,8,11-13H,6-7,9-10H2,1-4H3. The van der Waals surface area contributed by atoms with E-state index in [1.165, 1.54) is 56.9 Å². The van der Waals surface area contributed by atoms with Gasteiger partial charge in [-0.05, 0) is 112 Å². The van der Waals surface area contributed by atoms with E-state index in [1.807, 2.05) is 19.9 Å². The first-order chi connectivity index (χ1) is 20.6. The molecule has 2 saturated heterocycles. The Bertz CT molecular complexity index is 1020. The highest BCUT2D eigenvalue weighted by atomic mass is 16.5. The van der Waals surface area contributed by atoms with Gasteiger partial charge in [-0.25, -0.2) is 15.0 Å². The number of aromatic nitrogens is 4. The minimum absolute atomic E-state index is 0.148. The van der Waals surface area contributed by atoms with Crippen molar-refractivity contribution in [3.63, 3.8) is 0 Å². The first-order valence-electron chi connectivity index (χ1n) is 17.4. The van der Waals surface area contributed by atoms with Crippen LogP contribution in [0.3, 0.4) is 0 Å². The van der Waals surface area contributed by atoms with E-state index in [1.54, 1.807) is 6.20 Å². The van der Waals surface area contributed by atoms with Crippen LogP contribution in [0.4, 0.5) is 11.9 Å². The summed E-state index contributed by atoms with van der Waals surface area (Å²) in [5, 5.41) is 0. The molecular weight excluding hydrogens is 532 g/mol. The van der Waals surface area contributed by atoms with Crippen molar-refractivity contribution in [3.05, 3.63) is 30.2 Å². The molecule has 0 bridgehead atoms. The molecule has 4 heterocycles. The smallest absolute Gasteiger partial charge is 0.228 e. The summed E-state index contributed by atoms with van der Waals surface area (Å²) >= 11 is 0. The Hall–Kier alpha value is -2.44. The van der Waals surface area contributed by atoms with Crippen LogP contribution in [-0.4, -0.2) is 52.2 Å². The lowest BCUT2D eigenvalue weighted by Gasteiger charge is -2.34. The fourth-order valence-corrected chi connectivity index (χ4v) is 7.15. The summed E-state index contributed by atoms with van der Waals surface area (Å²) in [7, 11) is 0.